The van der Waals surface area contributed by atoms with Crippen molar-refractivity contribution in [1.29, 1.82) is 0 Å². The number of rotatable bonds is 3. The van der Waals surface area contributed by atoms with Crippen LogP contribution >= 0.6 is 27.5 Å². The number of halogens is 4. The van der Waals surface area contributed by atoms with Crippen molar-refractivity contribution < 1.29 is 8.78 Å². The monoisotopic (exact) mass is 331 g/mol. The van der Waals surface area contributed by atoms with Crippen LogP contribution in [-0.2, 0) is 6.54 Å². The molecule has 0 aromatic heterocycles. The Balaban J connectivity index is 2.19. The SMILES string of the molecule is Fc1cccc(F)c1CNc1cccc(Cl)c1Br. The summed E-state index contributed by atoms with van der Waals surface area (Å²) in [5.41, 5.74) is 0.689. The van der Waals surface area contributed by atoms with Crippen molar-refractivity contribution in [2.75, 3.05) is 5.32 Å². The summed E-state index contributed by atoms with van der Waals surface area (Å²) in [6.45, 7) is 0.0530. The molecule has 0 amide bonds. The molecule has 0 bridgehead atoms. The first kappa shape index (κ1) is 13.3. The van der Waals surface area contributed by atoms with Crippen LogP contribution < -0.4 is 5.32 Å². The van der Waals surface area contributed by atoms with E-state index in [1.54, 1.807) is 18.2 Å². The van der Waals surface area contributed by atoms with Crippen LogP contribution in [0.4, 0.5) is 14.5 Å². The molecule has 1 N–H and O–H groups in total. The maximum Gasteiger partial charge on any atom is 0.131 e. The van der Waals surface area contributed by atoms with Gasteiger partial charge in [0.1, 0.15) is 11.6 Å². The fourth-order valence-corrected chi connectivity index (χ4v) is 2.10. The summed E-state index contributed by atoms with van der Waals surface area (Å²) in [6.07, 6.45) is 0. The quantitative estimate of drug-likeness (QED) is 0.834. The Labute approximate surface area is 117 Å². The molecule has 0 spiro atoms. The summed E-state index contributed by atoms with van der Waals surface area (Å²) in [6, 6.07) is 9.05. The Kier molecular flexibility index (Phi) is 4.19. The molecule has 94 valence electrons. The van der Waals surface area contributed by atoms with Gasteiger partial charge in [-0.2, -0.15) is 0 Å². The first-order valence-electron chi connectivity index (χ1n) is 5.20. The average Bonchev–Trinajstić information content (AvgIpc) is 2.33. The van der Waals surface area contributed by atoms with Crippen LogP contribution in [0.1, 0.15) is 5.56 Å². The molecule has 0 unspecified atom stereocenters. The smallest absolute Gasteiger partial charge is 0.131 e. The Bertz CT molecular complexity index is 555. The molecule has 5 heteroatoms. The highest BCUT2D eigenvalue weighted by molar-refractivity contribution is 9.10. The van der Waals surface area contributed by atoms with Gasteiger partial charge in [-0.1, -0.05) is 23.7 Å². The molecule has 0 radical (unpaired) electrons. The van der Waals surface area contributed by atoms with E-state index in [0.29, 0.717) is 15.2 Å². The van der Waals surface area contributed by atoms with Gasteiger partial charge in [0.15, 0.2) is 0 Å². The van der Waals surface area contributed by atoms with Gasteiger partial charge in [-0.15, -0.1) is 0 Å². The predicted octanol–water partition coefficient (Wildman–Crippen LogP) is 4.99. The van der Waals surface area contributed by atoms with Gasteiger partial charge in [0.25, 0.3) is 0 Å². The van der Waals surface area contributed by atoms with Gasteiger partial charge >= 0.3 is 0 Å². The van der Waals surface area contributed by atoms with Crippen molar-refractivity contribution >= 4 is 33.2 Å². The second kappa shape index (κ2) is 5.67. The molecule has 18 heavy (non-hydrogen) atoms. The summed E-state index contributed by atoms with van der Waals surface area (Å²) < 4.78 is 27.5. The van der Waals surface area contributed by atoms with E-state index < -0.39 is 11.6 Å². The molecule has 0 aliphatic heterocycles. The van der Waals surface area contributed by atoms with Crippen LogP contribution in [0.2, 0.25) is 5.02 Å². The third-order valence-electron chi connectivity index (χ3n) is 2.47. The molecule has 0 aliphatic carbocycles. The Morgan fingerprint density at radius 3 is 2.33 bits per heavy atom. The molecule has 0 saturated heterocycles. The summed E-state index contributed by atoms with van der Waals surface area (Å²) in [7, 11) is 0. The highest BCUT2D eigenvalue weighted by Crippen LogP contribution is 2.30. The molecule has 1 nitrogen and oxygen atoms in total. The summed E-state index contributed by atoms with van der Waals surface area (Å²) >= 11 is 9.23. The standard InChI is InChI=1S/C13H9BrClF2N/c14-13-9(15)3-1-6-12(13)18-7-8-10(16)4-2-5-11(8)17/h1-6,18H,7H2. The normalized spacial score (nSPS) is 10.4. The second-order valence-corrected chi connectivity index (χ2v) is 4.86. The molecule has 0 atom stereocenters. The van der Waals surface area contributed by atoms with E-state index in [4.69, 9.17) is 11.6 Å². The topological polar surface area (TPSA) is 12.0 Å². The van der Waals surface area contributed by atoms with E-state index in [1.807, 2.05) is 0 Å². The number of nitrogens with one attached hydrogen (secondary N) is 1. The van der Waals surface area contributed by atoms with E-state index in [9.17, 15) is 8.78 Å². The van der Waals surface area contributed by atoms with Crippen LogP contribution in [-0.4, -0.2) is 0 Å². The molecular weight excluding hydrogens is 324 g/mol. The Hall–Kier alpha value is -1.13. The van der Waals surface area contributed by atoms with Crippen LogP contribution in [0.3, 0.4) is 0 Å². The van der Waals surface area contributed by atoms with Crippen LogP contribution in [0.5, 0.6) is 0 Å². The second-order valence-electron chi connectivity index (χ2n) is 3.66. The number of hydrogen-bond acceptors (Lipinski definition) is 1. The fraction of sp³-hybridized carbons (Fsp3) is 0.0769. The highest BCUT2D eigenvalue weighted by Gasteiger charge is 2.09. The van der Waals surface area contributed by atoms with Gasteiger partial charge in [-0.3, -0.25) is 0 Å². The average molecular weight is 333 g/mol. The van der Waals surface area contributed by atoms with Crippen molar-refractivity contribution in [2.45, 2.75) is 6.54 Å². The molecule has 2 aromatic carbocycles. The van der Waals surface area contributed by atoms with Gasteiger partial charge in [0.2, 0.25) is 0 Å². The number of benzene rings is 2. The Morgan fingerprint density at radius 2 is 1.67 bits per heavy atom. The first-order chi connectivity index (χ1) is 8.59. The first-order valence-corrected chi connectivity index (χ1v) is 6.37. The lowest BCUT2D eigenvalue weighted by molar-refractivity contribution is 0.560. The molecule has 0 aliphatic rings. The zero-order valence-corrected chi connectivity index (χ0v) is 11.5. The van der Waals surface area contributed by atoms with Crippen molar-refractivity contribution in [3.05, 3.63) is 63.1 Å². The minimum absolute atomic E-state index is 0.00405. The summed E-state index contributed by atoms with van der Waals surface area (Å²) in [5, 5.41) is 3.48. The fourth-order valence-electron chi connectivity index (χ4n) is 1.53. The minimum atomic E-state index is -0.569. The van der Waals surface area contributed by atoms with Gasteiger partial charge in [0, 0.05) is 12.1 Å². The zero-order valence-electron chi connectivity index (χ0n) is 9.18. The third kappa shape index (κ3) is 2.82. The lowest BCUT2D eigenvalue weighted by Crippen LogP contribution is -2.05. The van der Waals surface area contributed by atoms with E-state index in [0.717, 1.165) is 0 Å². The summed E-state index contributed by atoms with van der Waals surface area (Å²) in [4.78, 5) is 0. The molecule has 0 heterocycles. The highest BCUT2D eigenvalue weighted by atomic mass is 79.9. The lowest BCUT2D eigenvalue weighted by atomic mass is 10.2. The van der Waals surface area contributed by atoms with Crippen LogP contribution in [0, 0.1) is 11.6 Å². The Morgan fingerprint density at radius 1 is 1.06 bits per heavy atom. The van der Waals surface area contributed by atoms with E-state index in [2.05, 4.69) is 21.2 Å². The maximum atomic E-state index is 13.4. The summed E-state index contributed by atoms with van der Waals surface area (Å²) in [5.74, 6) is -1.14. The minimum Gasteiger partial charge on any atom is -0.380 e. The van der Waals surface area contributed by atoms with E-state index in [-0.39, 0.29) is 12.1 Å². The largest absolute Gasteiger partial charge is 0.380 e. The third-order valence-corrected chi connectivity index (χ3v) is 3.87. The van der Waals surface area contributed by atoms with Crippen molar-refractivity contribution in [3.63, 3.8) is 0 Å². The van der Waals surface area contributed by atoms with Crippen molar-refractivity contribution in [3.8, 4) is 0 Å². The van der Waals surface area contributed by atoms with E-state index in [1.165, 1.54) is 18.2 Å². The molecular formula is C13H9BrClF2N. The molecule has 2 aromatic rings. The molecule has 0 saturated carbocycles. The van der Waals surface area contributed by atoms with Gasteiger partial charge in [-0.05, 0) is 40.2 Å². The van der Waals surface area contributed by atoms with Gasteiger partial charge < -0.3 is 5.32 Å². The lowest BCUT2D eigenvalue weighted by Gasteiger charge is -2.10. The van der Waals surface area contributed by atoms with Crippen LogP contribution in [0.15, 0.2) is 40.9 Å². The molecule has 0 fully saturated rings. The van der Waals surface area contributed by atoms with Crippen LogP contribution in [0.25, 0.3) is 0 Å². The number of hydrogen-bond donors (Lipinski definition) is 1. The molecule has 2 rings (SSSR count). The van der Waals surface area contributed by atoms with Gasteiger partial charge in [-0.25, -0.2) is 8.78 Å². The predicted molar refractivity (Wildman–Crippen MR) is 72.8 cm³/mol. The van der Waals surface area contributed by atoms with Crippen molar-refractivity contribution in [2.24, 2.45) is 0 Å². The van der Waals surface area contributed by atoms with E-state index >= 15 is 0 Å². The maximum absolute atomic E-state index is 13.4. The zero-order chi connectivity index (χ0) is 13.1. The van der Waals surface area contributed by atoms with Gasteiger partial charge in [0.05, 0.1) is 15.2 Å². The van der Waals surface area contributed by atoms with Crippen molar-refractivity contribution in [1.82, 2.24) is 0 Å². The number of anilines is 1.